The van der Waals surface area contributed by atoms with Crippen molar-refractivity contribution in [3.63, 3.8) is 0 Å². The normalized spacial score (nSPS) is 10.8. The number of hydrogen-bond donors (Lipinski definition) is 1. The molecule has 34 heavy (non-hydrogen) atoms. The Morgan fingerprint density at radius 1 is 0.441 bits per heavy atom. The zero-order valence-electron chi connectivity index (χ0n) is 19.2. The smallest absolute Gasteiger partial charge is 0.120 e. The second kappa shape index (κ2) is 10.2. The number of aromatic hydroxyl groups is 1. The molecule has 0 spiro atoms. The molecule has 166 valence electrons. The number of benzene rings is 5. The van der Waals surface area contributed by atoms with Crippen molar-refractivity contribution in [2.45, 2.75) is 19.3 Å². The minimum Gasteiger partial charge on any atom is -0.508 e. The van der Waals surface area contributed by atoms with E-state index in [1.807, 2.05) is 24.3 Å². The third kappa shape index (κ3) is 4.94. The van der Waals surface area contributed by atoms with Crippen molar-refractivity contribution in [1.82, 2.24) is 0 Å². The fourth-order valence-corrected chi connectivity index (χ4v) is 4.72. The van der Waals surface area contributed by atoms with Crippen LogP contribution in [0.2, 0.25) is 0 Å². The molecule has 0 aliphatic carbocycles. The predicted octanol–water partition coefficient (Wildman–Crippen LogP) is 7.83. The Labute approximate surface area is 202 Å². The van der Waals surface area contributed by atoms with Crippen molar-refractivity contribution >= 4 is 0 Å². The molecule has 0 unspecified atom stereocenters. The number of rotatable bonds is 7. The van der Waals surface area contributed by atoms with E-state index in [0.29, 0.717) is 12.2 Å². The van der Waals surface area contributed by atoms with Crippen LogP contribution < -0.4 is 0 Å². The second-order valence-corrected chi connectivity index (χ2v) is 8.74. The number of phenolic OH excluding ortho intramolecular Hbond substituents is 1. The van der Waals surface area contributed by atoms with E-state index in [0.717, 1.165) is 29.5 Å². The van der Waals surface area contributed by atoms with Crippen LogP contribution in [-0.4, -0.2) is 5.11 Å². The van der Waals surface area contributed by atoms with Crippen LogP contribution in [0.1, 0.15) is 33.4 Å². The highest BCUT2D eigenvalue weighted by Gasteiger charge is 2.20. The van der Waals surface area contributed by atoms with Crippen LogP contribution in [0.3, 0.4) is 0 Å². The zero-order valence-corrected chi connectivity index (χ0v) is 19.2. The van der Waals surface area contributed by atoms with Crippen molar-refractivity contribution in [3.8, 4) is 16.9 Å². The van der Waals surface area contributed by atoms with E-state index in [-0.39, 0.29) is 0 Å². The first kappa shape index (κ1) is 21.7. The lowest BCUT2D eigenvalue weighted by atomic mass is 9.83. The first-order valence-electron chi connectivity index (χ1n) is 11.8. The third-order valence-electron chi connectivity index (χ3n) is 6.36. The fourth-order valence-electron chi connectivity index (χ4n) is 4.72. The van der Waals surface area contributed by atoms with Gasteiger partial charge in [0.05, 0.1) is 0 Å². The van der Waals surface area contributed by atoms with Gasteiger partial charge in [0, 0.05) is 12.0 Å². The lowest BCUT2D eigenvalue weighted by Crippen LogP contribution is -2.05. The molecule has 5 aromatic rings. The summed E-state index contributed by atoms with van der Waals surface area (Å²) in [5.41, 5.74) is 9.44. The maximum absolute atomic E-state index is 11.4. The highest BCUT2D eigenvalue weighted by atomic mass is 16.3. The summed E-state index contributed by atoms with van der Waals surface area (Å²) >= 11 is 0. The summed E-state index contributed by atoms with van der Waals surface area (Å²) in [6.45, 7) is 0. The van der Waals surface area contributed by atoms with Crippen molar-refractivity contribution in [2.24, 2.45) is 0 Å². The molecule has 0 aromatic heterocycles. The molecule has 0 amide bonds. The highest BCUT2D eigenvalue weighted by Crippen LogP contribution is 2.39. The SMILES string of the molecule is Oc1cc(Cc2ccccc2)c(Cc2ccccc2)c(-c2ccccc2)c1Cc1ccccc1. The molecule has 0 aliphatic rings. The average Bonchev–Trinajstić information content (AvgIpc) is 2.89. The van der Waals surface area contributed by atoms with Crippen LogP contribution in [0.4, 0.5) is 0 Å². The molecular weight excluding hydrogens is 412 g/mol. The van der Waals surface area contributed by atoms with Gasteiger partial charge >= 0.3 is 0 Å². The molecule has 0 atom stereocenters. The predicted molar refractivity (Wildman–Crippen MR) is 141 cm³/mol. The van der Waals surface area contributed by atoms with E-state index in [9.17, 15) is 5.11 Å². The van der Waals surface area contributed by atoms with Gasteiger partial charge in [0.1, 0.15) is 5.75 Å². The van der Waals surface area contributed by atoms with Gasteiger partial charge in [-0.15, -0.1) is 0 Å². The topological polar surface area (TPSA) is 20.2 Å². The largest absolute Gasteiger partial charge is 0.508 e. The van der Waals surface area contributed by atoms with Gasteiger partial charge in [-0.25, -0.2) is 0 Å². The van der Waals surface area contributed by atoms with Gasteiger partial charge in [0.15, 0.2) is 0 Å². The maximum Gasteiger partial charge on any atom is 0.120 e. The van der Waals surface area contributed by atoms with Crippen molar-refractivity contribution in [1.29, 1.82) is 0 Å². The van der Waals surface area contributed by atoms with Crippen LogP contribution in [0.15, 0.2) is 127 Å². The van der Waals surface area contributed by atoms with Gasteiger partial charge in [-0.2, -0.15) is 0 Å². The van der Waals surface area contributed by atoms with Gasteiger partial charge in [-0.1, -0.05) is 121 Å². The van der Waals surface area contributed by atoms with Gasteiger partial charge < -0.3 is 5.11 Å². The molecule has 0 fully saturated rings. The van der Waals surface area contributed by atoms with Crippen LogP contribution in [-0.2, 0) is 19.3 Å². The molecule has 0 bridgehead atoms. The van der Waals surface area contributed by atoms with Crippen LogP contribution in [0.25, 0.3) is 11.1 Å². The van der Waals surface area contributed by atoms with Crippen LogP contribution in [0.5, 0.6) is 5.75 Å². The van der Waals surface area contributed by atoms with E-state index < -0.39 is 0 Å². The van der Waals surface area contributed by atoms with Crippen molar-refractivity contribution < 1.29 is 5.11 Å². The summed E-state index contributed by atoms with van der Waals surface area (Å²) in [6, 6.07) is 44.1. The summed E-state index contributed by atoms with van der Waals surface area (Å²) in [5, 5.41) is 11.4. The standard InChI is InChI=1S/C33H28O/c34-32-24-29(21-25-13-5-1-6-14-25)30(22-26-15-7-2-8-16-26)33(28-19-11-4-12-20-28)31(32)23-27-17-9-3-10-18-27/h1-20,24,34H,21-23H2. The Morgan fingerprint density at radius 3 is 1.35 bits per heavy atom. The Kier molecular flexibility index (Phi) is 6.54. The first-order valence-corrected chi connectivity index (χ1v) is 11.8. The Balaban J connectivity index is 1.73. The molecule has 0 saturated heterocycles. The van der Waals surface area contributed by atoms with E-state index >= 15 is 0 Å². The highest BCUT2D eigenvalue weighted by molar-refractivity contribution is 5.76. The molecule has 1 heteroatoms. The van der Waals surface area contributed by atoms with Gasteiger partial charge in [0.2, 0.25) is 0 Å². The molecule has 5 aromatic carbocycles. The molecular formula is C33H28O. The fraction of sp³-hybridized carbons (Fsp3) is 0.0909. The molecule has 0 heterocycles. The lowest BCUT2D eigenvalue weighted by Gasteiger charge is -2.22. The molecule has 0 saturated carbocycles. The zero-order chi connectivity index (χ0) is 23.2. The van der Waals surface area contributed by atoms with Crippen LogP contribution in [0, 0.1) is 0 Å². The molecule has 0 radical (unpaired) electrons. The first-order chi connectivity index (χ1) is 16.8. The molecule has 0 aliphatic heterocycles. The van der Waals surface area contributed by atoms with Crippen LogP contribution >= 0.6 is 0 Å². The molecule has 1 nitrogen and oxygen atoms in total. The van der Waals surface area contributed by atoms with E-state index in [2.05, 4.69) is 103 Å². The van der Waals surface area contributed by atoms with Crippen molar-refractivity contribution in [2.75, 3.05) is 0 Å². The summed E-state index contributed by atoms with van der Waals surface area (Å²) in [5.74, 6) is 0.366. The van der Waals surface area contributed by atoms with Gasteiger partial charge in [-0.3, -0.25) is 0 Å². The Bertz CT molecular complexity index is 1340. The van der Waals surface area contributed by atoms with E-state index in [1.165, 1.54) is 27.8 Å². The molecule has 5 rings (SSSR count). The van der Waals surface area contributed by atoms with Gasteiger partial charge in [0.25, 0.3) is 0 Å². The summed E-state index contributed by atoms with van der Waals surface area (Å²) in [7, 11) is 0. The Morgan fingerprint density at radius 2 is 0.853 bits per heavy atom. The third-order valence-corrected chi connectivity index (χ3v) is 6.36. The second-order valence-electron chi connectivity index (χ2n) is 8.74. The summed E-state index contributed by atoms with van der Waals surface area (Å²) < 4.78 is 0. The quantitative estimate of drug-likeness (QED) is 0.273. The summed E-state index contributed by atoms with van der Waals surface area (Å²) in [4.78, 5) is 0. The lowest BCUT2D eigenvalue weighted by molar-refractivity contribution is 0.469. The minimum absolute atomic E-state index is 0.366. The van der Waals surface area contributed by atoms with Crippen molar-refractivity contribution in [3.05, 3.63) is 161 Å². The number of hydrogen-bond acceptors (Lipinski definition) is 1. The van der Waals surface area contributed by atoms with E-state index in [4.69, 9.17) is 0 Å². The van der Waals surface area contributed by atoms with Gasteiger partial charge in [-0.05, 0) is 57.9 Å². The molecule has 1 N–H and O–H groups in total. The maximum atomic E-state index is 11.4. The number of phenols is 1. The minimum atomic E-state index is 0.366. The van der Waals surface area contributed by atoms with E-state index in [1.54, 1.807) is 0 Å². The summed E-state index contributed by atoms with van der Waals surface area (Å²) in [6.07, 6.45) is 2.28. The Hall–Kier alpha value is -4.10. The monoisotopic (exact) mass is 440 g/mol. The average molecular weight is 441 g/mol.